The number of phenols is 1. The number of esters is 1. The molecule has 1 aliphatic rings. The number of aromatic amines is 1. The number of ether oxygens (including phenoxy) is 2. The molecule has 2 N–H and O–H groups in total. The number of H-pyrrole nitrogens is 1. The minimum Gasteiger partial charge on any atom is -0.508 e. The van der Waals surface area contributed by atoms with Crippen LogP contribution in [0.15, 0.2) is 64.2 Å². The minimum absolute atomic E-state index is 0.103. The van der Waals surface area contributed by atoms with Crippen LogP contribution in [-0.4, -0.2) is 27.7 Å². The third-order valence-electron chi connectivity index (χ3n) is 6.47. The predicted octanol–water partition coefficient (Wildman–Crippen LogP) is 3.40. The monoisotopic (exact) mass is 472 g/mol. The van der Waals surface area contributed by atoms with Gasteiger partial charge in [-0.05, 0) is 54.6 Å². The number of carbonyl (C=O) groups excluding carboxylic acids is 1. The molecule has 2 aromatic heterocycles. The van der Waals surface area contributed by atoms with Gasteiger partial charge in [0.25, 0.3) is 11.1 Å². The summed E-state index contributed by atoms with van der Waals surface area (Å²) in [6.45, 7) is 2.18. The smallest absolute Gasteiger partial charge is 0.312 e. The number of benzene rings is 2. The molecule has 0 spiro atoms. The van der Waals surface area contributed by atoms with E-state index in [1.165, 1.54) is 0 Å². The van der Waals surface area contributed by atoms with Gasteiger partial charge in [-0.15, -0.1) is 0 Å². The van der Waals surface area contributed by atoms with Crippen LogP contribution in [0, 0.1) is 6.92 Å². The fourth-order valence-electron chi connectivity index (χ4n) is 4.62. The Kier molecular flexibility index (Phi) is 5.64. The molecule has 1 aliphatic heterocycles. The van der Waals surface area contributed by atoms with E-state index in [0.29, 0.717) is 41.1 Å². The number of hydrogen-bond donors (Lipinski definition) is 2. The number of methoxy groups -OCH3 is 1. The maximum atomic E-state index is 13.7. The Bertz CT molecular complexity index is 1570. The van der Waals surface area contributed by atoms with Crippen molar-refractivity contribution in [1.82, 2.24) is 9.55 Å². The largest absolute Gasteiger partial charge is 0.508 e. The SMILES string of the molecule is COc1ccc2cc([C@H]3CC(=O)Oc4cc(C)n(CCc5ccc(O)cc5)c(=O)c43)c(=O)[nH]c2c1. The van der Waals surface area contributed by atoms with Crippen LogP contribution in [0.1, 0.15) is 34.7 Å². The number of aromatic nitrogens is 2. The van der Waals surface area contributed by atoms with Gasteiger partial charge < -0.3 is 24.1 Å². The Morgan fingerprint density at radius 3 is 2.60 bits per heavy atom. The number of pyridine rings is 2. The molecule has 0 amide bonds. The summed E-state index contributed by atoms with van der Waals surface area (Å²) in [5.74, 6) is -0.227. The average molecular weight is 472 g/mol. The summed E-state index contributed by atoms with van der Waals surface area (Å²) in [6.07, 6.45) is 0.469. The van der Waals surface area contributed by atoms with Gasteiger partial charge in [-0.2, -0.15) is 0 Å². The number of rotatable bonds is 5. The Balaban J connectivity index is 1.59. The van der Waals surface area contributed by atoms with Gasteiger partial charge in [0.05, 0.1) is 24.6 Å². The van der Waals surface area contributed by atoms with Crippen molar-refractivity contribution in [3.05, 3.63) is 97.7 Å². The number of nitrogens with one attached hydrogen (secondary N) is 1. The standard InChI is InChI=1S/C27H24N2O6/c1-15-11-23-25(27(33)29(15)10-9-16-3-6-18(30)7-4-16)20(14-24(31)35-23)21-12-17-5-8-19(34-2)13-22(17)28-26(21)32/h3-8,11-13,20,30H,9-10,14H2,1-2H3,(H,28,32)/t20-/m1/s1. The molecule has 3 heterocycles. The average Bonchev–Trinajstić information content (AvgIpc) is 2.83. The first-order valence-electron chi connectivity index (χ1n) is 11.3. The Morgan fingerprint density at radius 2 is 1.86 bits per heavy atom. The first kappa shape index (κ1) is 22.5. The van der Waals surface area contributed by atoms with Crippen molar-refractivity contribution in [3.8, 4) is 17.2 Å². The molecule has 1 atom stereocenters. The normalized spacial score (nSPS) is 15.0. The Hall–Kier alpha value is -4.33. The van der Waals surface area contributed by atoms with Crippen LogP contribution in [0.3, 0.4) is 0 Å². The van der Waals surface area contributed by atoms with Crippen molar-refractivity contribution in [3.63, 3.8) is 0 Å². The van der Waals surface area contributed by atoms with Crippen molar-refractivity contribution in [2.75, 3.05) is 7.11 Å². The van der Waals surface area contributed by atoms with Gasteiger partial charge in [0.1, 0.15) is 17.2 Å². The molecular weight excluding hydrogens is 448 g/mol. The highest BCUT2D eigenvalue weighted by Gasteiger charge is 2.34. The highest BCUT2D eigenvalue weighted by molar-refractivity contribution is 5.82. The highest BCUT2D eigenvalue weighted by atomic mass is 16.5. The fourth-order valence-corrected chi connectivity index (χ4v) is 4.62. The lowest BCUT2D eigenvalue weighted by Gasteiger charge is -2.26. The molecule has 8 nitrogen and oxygen atoms in total. The van der Waals surface area contributed by atoms with E-state index in [1.54, 1.807) is 55.0 Å². The van der Waals surface area contributed by atoms with E-state index in [1.807, 2.05) is 18.2 Å². The van der Waals surface area contributed by atoms with Crippen molar-refractivity contribution in [2.45, 2.75) is 32.2 Å². The highest BCUT2D eigenvalue weighted by Crippen LogP contribution is 2.36. The molecular formula is C27H24N2O6. The van der Waals surface area contributed by atoms with Gasteiger partial charge in [0.2, 0.25) is 0 Å². The predicted molar refractivity (Wildman–Crippen MR) is 130 cm³/mol. The molecule has 0 bridgehead atoms. The zero-order valence-electron chi connectivity index (χ0n) is 19.3. The summed E-state index contributed by atoms with van der Waals surface area (Å²) in [5.41, 5.74) is 2.21. The van der Waals surface area contributed by atoms with E-state index >= 15 is 0 Å². The summed E-state index contributed by atoms with van der Waals surface area (Å²) < 4.78 is 12.3. The third kappa shape index (κ3) is 4.19. The molecule has 0 aliphatic carbocycles. The number of nitrogens with zero attached hydrogens (tertiary/aromatic N) is 1. The number of hydrogen-bond acceptors (Lipinski definition) is 6. The fraction of sp³-hybridized carbons (Fsp3) is 0.222. The second-order valence-electron chi connectivity index (χ2n) is 8.67. The molecule has 4 aromatic rings. The summed E-state index contributed by atoms with van der Waals surface area (Å²) in [4.78, 5) is 42.0. The van der Waals surface area contributed by atoms with Crippen molar-refractivity contribution < 1.29 is 19.4 Å². The lowest BCUT2D eigenvalue weighted by molar-refractivity contribution is -0.135. The van der Waals surface area contributed by atoms with E-state index in [0.717, 1.165) is 10.9 Å². The summed E-state index contributed by atoms with van der Waals surface area (Å²) in [7, 11) is 1.55. The van der Waals surface area contributed by atoms with E-state index in [-0.39, 0.29) is 29.0 Å². The van der Waals surface area contributed by atoms with Crippen molar-refractivity contribution in [2.24, 2.45) is 0 Å². The van der Waals surface area contributed by atoms with E-state index in [9.17, 15) is 19.5 Å². The Labute approximate surface area is 200 Å². The summed E-state index contributed by atoms with van der Waals surface area (Å²) in [6, 6.07) is 15.6. The summed E-state index contributed by atoms with van der Waals surface area (Å²) in [5, 5.41) is 10.3. The second kappa shape index (κ2) is 8.79. The zero-order valence-corrected chi connectivity index (χ0v) is 19.3. The van der Waals surface area contributed by atoms with Gasteiger partial charge in [-0.1, -0.05) is 12.1 Å². The molecule has 178 valence electrons. The van der Waals surface area contributed by atoms with Crippen LogP contribution in [0.2, 0.25) is 0 Å². The molecule has 0 saturated carbocycles. The number of fused-ring (bicyclic) bond motifs is 2. The van der Waals surface area contributed by atoms with E-state index in [2.05, 4.69) is 4.98 Å². The third-order valence-corrected chi connectivity index (χ3v) is 6.47. The molecule has 35 heavy (non-hydrogen) atoms. The lowest BCUT2D eigenvalue weighted by atomic mass is 9.87. The van der Waals surface area contributed by atoms with Crippen LogP contribution in [-0.2, 0) is 17.8 Å². The molecule has 0 radical (unpaired) electrons. The van der Waals surface area contributed by atoms with Crippen LogP contribution in [0.5, 0.6) is 17.2 Å². The van der Waals surface area contributed by atoms with Crippen LogP contribution in [0.25, 0.3) is 10.9 Å². The molecule has 5 rings (SSSR count). The van der Waals surface area contributed by atoms with Gasteiger partial charge in [-0.3, -0.25) is 14.4 Å². The lowest BCUT2D eigenvalue weighted by Crippen LogP contribution is -2.35. The first-order chi connectivity index (χ1) is 16.8. The zero-order chi connectivity index (χ0) is 24.7. The molecule has 8 heteroatoms. The van der Waals surface area contributed by atoms with Gasteiger partial charge in [0, 0.05) is 35.9 Å². The summed E-state index contributed by atoms with van der Waals surface area (Å²) >= 11 is 0. The number of phenolic OH excluding ortho intramolecular Hbond substituents is 1. The van der Waals surface area contributed by atoms with Crippen LogP contribution < -0.4 is 20.6 Å². The molecule has 2 aromatic carbocycles. The Morgan fingerprint density at radius 1 is 1.09 bits per heavy atom. The van der Waals surface area contributed by atoms with E-state index in [4.69, 9.17) is 9.47 Å². The van der Waals surface area contributed by atoms with Crippen molar-refractivity contribution >= 4 is 16.9 Å². The topological polar surface area (TPSA) is 111 Å². The molecule has 0 fully saturated rings. The van der Waals surface area contributed by atoms with Gasteiger partial charge in [-0.25, -0.2) is 0 Å². The number of aromatic hydroxyl groups is 1. The maximum Gasteiger partial charge on any atom is 0.312 e. The maximum absolute atomic E-state index is 13.7. The molecule has 0 saturated heterocycles. The van der Waals surface area contributed by atoms with Gasteiger partial charge in [0.15, 0.2) is 0 Å². The number of carbonyl (C=O) groups is 1. The van der Waals surface area contributed by atoms with Crippen LogP contribution >= 0.6 is 0 Å². The molecule has 0 unspecified atom stereocenters. The van der Waals surface area contributed by atoms with Crippen LogP contribution in [0.4, 0.5) is 0 Å². The quantitative estimate of drug-likeness (QED) is 0.431. The van der Waals surface area contributed by atoms with Crippen molar-refractivity contribution in [1.29, 1.82) is 0 Å². The second-order valence-corrected chi connectivity index (χ2v) is 8.67. The number of aryl methyl sites for hydroxylation is 2. The van der Waals surface area contributed by atoms with E-state index < -0.39 is 11.9 Å². The first-order valence-corrected chi connectivity index (χ1v) is 11.3. The minimum atomic E-state index is -0.727. The van der Waals surface area contributed by atoms with Gasteiger partial charge >= 0.3 is 5.97 Å².